The third kappa shape index (κ3) is 2.38. The molecule has 0 aromatic heterocycles. The Morgan fingerprint density at radius 1 is 0.267 bits per heavy atom. The molecule has 0 amide bonds. The molecule has 3 heterocycles. The average molecular weight is 421 g/mol. The Balaban J connectivity index is 2.39. The van der Waals surface area contributed by atoms with E-state index >= 15 is 0 Å². The van der Waals surface area contributed by atoms with Crippen molar-refractivity contribution in [3.8, 4) is 0 Å². The predicted octanol–water partition coefficient (Wildman–Crippen LogP) is 5.38. The van der Waals surface area contributed by atoms with Gasteiger partial charge < -0.3 is 0 Å². The van der Waals surface area contributed by atoms with E-state index in [1.807, 2.05) is 0 Å². The molecule has 30 heavy (non-hydrogen) atoms. The smallest absolute Gasteiger partial charge is 0.0529 e. The molecule has 3 saturated heterocycles. The summed E-state index contributed by atoms with van der Waals surface area (Å²) < 4.78 is 0. The number of hydrogen-bond acceptors (Lipinski definition) is 4. The highest BCUT2D eigenvalue weighted by Crippen LogP contribution is 2.58. The first-order valence-electron chi connectivity index (χ1n) is 12.1. The number of rotatable bonds is 0. The molecule has 4 nitrogen and oxygen atoms in total. The fourth-order valence-corrected chi connectivity index (χ4v) is 7.13. The van der Waals surface area contributed by atoms with E-state index in [9.17, 15) is 0 Å². The molecule has 0 radical (unpaired) electrons. The molecule has 4 bridgehead atoms. The lowest BCUT2D eigenvalue weighted by Gasteiger charge is -2.60. The Bertz CT molecular complexity index is 601. The van der Waals surface area contributed by atoms with Crippen LogP contribution in [0.3, 0.4) is 0 Å². The van der Waals surface area contributed by atoms with Crippen LogP contribution in [0.15, 0.2) is 0 Å². The van der Waals surface area contributed by atoms with Crippen molar-refractivity contribution in [3.63, 3.8) is 0 Å². The van der Waals surface area contributed by atoms with Gasteiger partial charge >= 0.3 is 0 Å². The van der Waals surface area contributed by atoms with E-state index in [4.69, 9.17) is 0 Å². The van der Waals surface area contributed by atoms with Crippen LogP contribution in [0, 0.1) is 0 Å². The number of nitrogens with zero attached hydrogens (tertiary/aromatic N) is 4. The van der Waals surface area contributed by atoms with Crippen LogP contribution in [-0.2, 0) is 0 Å². The molecule has 0 aromatic rings. The quantitative estimate of drug-likeness (QED) is 0.521. The van der Waals surface area contributed by atoms with Crippen molar-refractivity contribution in [1.29, 1.82) is 0 Å². The molecule has 0 aromatic carbocycles. The van der Waals surface area contributed by atoms with Gasteiger partial charge in [0.1, 0.15) is 0 Å². The van der Waals surface area contributed by atoms with Crippen LogP contribution in [0.1, 0.15) is 111 Å². The lowest BCUT2D eigenvalue weighted by atomic mass is 9.69. The molecule has 0 N–H and O–H groups in total. The van der Waals surface area contributed by atoms with Gasteiger partial charge in [0.05, 0.1) is 13.3 Å². The van der Waals surface area contributed by atoms with Gasteiger partial charge in [0.2, 0.25) is 0 Å². The number of hydrogen-bond donors (Lipinski definition) is 0. The Morgan fingerprint density at radius 2 is 0.367 bits per heavy atom. The Morgan fingerprint density at radius 3 is 0.467 bits per heavy atom. The van der Waals surface area contributed by atoms with Crippen LogP contribution < -0.4 is 0 Å². The van der Waals surface area contributed by atoms with Gasteiger partial charge in [0, 0.05) is 44.3 Å². The van der Waals surface area contributed by atoms with Crippen molar-refractivity contribution in [2.45, 2.75) is 155 Å². The maximum atomic E-state index is 2.81. The molecule has 3 rings (SSSR count). The molecule has 0 atom stereocenters. The average Bonchev–Trinajstić information content (AvgIpc) is 2.83. The summed E-state index contributed by atoms with van der Waals surface area (Å²) in [6.07, 6.45) is 0. The lowest BCUT2D eigenvalue weighted by molar-refractivity contribution is -0.110. The molecular formula is C26H52N4. The fraction of sp³-hybridized carbons (Fsp3) is 1.00. The van der Waals surface area contributed by atoms with Crippen molar-refractivity contribution in [2.24, 2.45) is 0 Å². The molecule has 3 fully saturated rings. The van der Waals surface area contributed by atoms with Crippen LogP contribution in [0.25, 0.3) is 0 Å². The van der Waals surface area contributed by atoms with Crippen LogP contribution >= 0.6 is 0 Å². The zero-order valence-electron chi connectivity index (χ0n) is 23.2. The van der Waals surface area contributed by atoms with Crippen LogP contribution in [-0.4, -0.2) is 77.2 Å². The summed E-state index contributed by atoms with van der Waals surface area (Å²) in [5.41, 5.74) is 0.128. The second-order valence-electron chi connectivity index (χ2n) is 14.5. The summed E-state index contributed by atoms with van der Waals surface area (Å²) in [7, 11) is 0. The van der Waals surface area contributed by atoms with Crippen molar-refractivity contribution >= 4 is 0 Å². The van der Waals surface area contributed by atoms with Gasteiger partial charge in [-0.1, -0.05) is 0 Å². The number of fused-ring (bicyclic) bond motifs is 4. The Hall–Kier alpha value is -0.160. The highest BCUT2D eigenvalue weighted by Gasteiger charge is 2.70. The van der Waals surface area contributed by atoms with Crippen molar-refractivity contribution in [2.75, 3.05) is 13.3 Å². The summed E-state index contributed by atoms with van der Waals surface area (Å²) in [5.74, 6) is 0. The van der Waals surface area contributed by atoms with Gasteiger partial charge in [-0.25, -0.2) is 0 Å². The first kappa shape index (κ1) is 24.5. The van der Waals surface area contributed by atoms with Gasteiger partial charge in [-0.2, -0.15) is 0 Å². The maximum Gasteiger partial charge on any atom is 0.0529 e. The molecule has 4 heteroatoms. The summed E-state index contributed by atoms with van der Waals surface area (Å²) in [6, 6.07) is 0. The highest BCUT2D eigenvalue weighted by atomic mass is 15.6. The standard InChI is InChI=1S/C26H52N4/c1-19(2)20(3,4)28-17-27(19)23(9,10)24(11,12)29-18-30(22(7,8)21(29,5)6)26(15,16)25(28,13)14/h17-18H2,1-16H3. The monoisotopic (exact) mass is 420 g/mol. The maximum absolute atomic E-state index is 2.81. The topological polar surface area (TPSA) is 13.0 Å². The van der Waals surface area contributed by atoms with E-state index in [0.717, 1.165) is 13.3 Å². The zero-order valence-corrected chi connectivity index (χ0v) is 23.2. The van der Waals surface area contributed by atoms with E-state index in [1.165, 1.54) is 0 Å². The minimum absolute atomic E-state index is 0.0105. The van der Waals surface area contributed by atoms with Gasteiger partial charge in [0.15, 0.2) is 0 Å². The van der Waals surface area contributed by atoms with E-state index in [0.29, 0.717) is 0 Å². The second-order valence-corrected chi connectivity index (χ2v) is 14.5. The van der Waals surface area contributed by atoms with E-state index < -0.39 is 0 Å². The first-order chi connectivity index (χ1) is 12.9. The first-order valence-corrected chi connectivity index (χ1v) is 12.1. The molecular weight excluding hydrogens is 368 g/mol. The van der Waals surface area contributed by atoms with Crippen LogP contribution in [0.2, 0.25) is 0 Å². The third-order valence-corrected chi connectivity index (χ3v) is 12.0. The van der Waals surface area contributed by atoms with E-state index in [-0.39, 0.29) is 44.3 Å². The summed E-state index contributed by atoms with van der Waals surface area (Å²) in [5, 5.41) is 0. The van der Waals surface area contributed by atoms with Crippen LogP contribution in [0.5, 0.6) is 0 Å². The summed E-state index contributed by atoms with van der Waals surface area (Å²) >= 11 is 0. The van der Waals surface area contributed by atoms with Crippen molar-refractivity contribution < 1.29 is 0 Å². The SMILES string of the molecule is CC1(C)[N@]2C[N@@](C(C)(C)C(C)(C)[N@@]3C[N@@](C(C)(C)C2(C)C)C(C)(C)C3(C)C)C1(C)C. The van der Waals surface area contributed by atoms with Gasteiger partial charge in [-0.15, -0.1) is 0 Å². The van der Waals surface area contributed by atoms with Crippen molar-refractivity contribution in [3.05, 3.63) is 0 Å². The van der Waals surface area contributed by atoms with E-state index in [1.54, 1.807) is 0 Å². The van der Waals surface area contributed by atoms with Gasteiger partial charge in [-0.3, -0.25) is 19.6 Å². The largest absolute Gasteiger partial charge is 0.276 e. The Kier molecular flexibility index (Phi) is 4.77. The minimum Gasteiger partial charge on any atom is -0.276 e. The van der Waals surface area contributed by atoms with Crippen LogP contribution in [0.4, 0.5) is 0 Å². The van der Waals surface area contributed by atoms with Gasteiger partial charge in [-0.05, 0) is 111 Å². The highest BCUT2D eigenvalue weighted by molar-refractivity contribution is 5.26. The molecule has 176 valence electrons. The third-order valence-electron chi connectivity index (χ3n) is 12.0. The summed E-state index contributed by atoms with van der Waals surface area (Å²) in [4.78, 5) is 11.3. The summed E-state index contributed by atoms with van der Waals surface area (Å²) in [6.45, 7) is 41.6. The molecule has 3 aliphatic heterocycles. The zero-order chi connectivity index (χ0) is 23.7. The molecule has 0 saturated carbocycles. The van der Waals surface area contributed by atoms with Gasteiger partial charge in [0.25, 0.3) is 0 Å². The van der Waals surface area contributed by atoms with E-state index in [2.05, 4.69) is 130 Å². The molecule has 3 aliphatic rings. The fourth-order valence-electron chi connectivity index (χ4n) is 7.13. The molecule has 0 spiro atoms. The predicted molar refractivity (Wildman–Crippen MR) is 130 cm³/mol. The van der Waals surface area contributed by atoms with Crippen molar-refractivity contribution in [1.82, 2.24) is 19.6 Å². The minimum atomic E-state index is -0.0105. The second kappa shape index (κ2) is 5.85. The lowest BCUT2D eigenvalue weighted by Crippen LogP contribution is -2.73. The molecule has 0 unspecified atom stereocenters. The normalized spacial score (nSPS) is 43.2. The Labute approximate surface area is 188 Å². The molecule has 0 aliphatic carbocycles.